The van der Waals surface area contributed by atoms with Crippen LogP contribution in [0, 0.1) is 18.2 Å². The minimum absolute atomic E-state index is 0.0282. The van der Waals surface area contributed by atoms with Crippen LogP contribution in [0.1, 0.15) is 12.5 Å². The highest BCUT2D eigenvalue weighted by atomic mass is 19.1. The first-order valence-electron chi connectivity index (χ1n) is 5.95. The summed E-state index contributed by atoms with van der Waals surface area (Å²) in [7, 11) is 1.44. The zero-order valence-corrected chi connectivity index (χ0v) is 11.5. The molecule has 0 aliphatic carbocycles. The molecule has 6 heteroatoms. The molecule has 108 valence electrons. The number of rotatable bonds is 4. The first-order chi connectivity index (χ1) is 10.1. The molecule has 0 aliphatic heterocycles. The van der Waals surface area contributed by atoms with Gasteiger partial charge in [-0.3, -0.25) is 9.78 Å². The van der Waals surface area contributed by atoms with E-state index < -0.39 is 11.8 Å². The van der Waals surface area contributed by atoms with E-state index in [1.807, 2.05) is 0 Å². The van der Waals surface area contributed by atoms with Gasteiger partial charge in [0.2, 0.25) is 0 Å². The maximum Gasteiger partial charge on any atom is 0.308 e. The highest BCUT2D eigenvalue weighted by Gasteiger charge is 2.15. The van der Waals surface area contributed by atoms with Gasteiger partial charge in [-0.15, -0.1) is 6.42 Å². The molecule has 0 atom stereocenters. The van der Waals surface area contributed by atoms with E-state index in [1.54, 1.807) is 0 Å². The maximum absolute atomic E-state index is 13.8. The number of terminal acetylenes is 1. The second-order valence-corrected chi connectivity index (χ2v) is 4.09. The van der Waals surface area contributed by atoms with Crippen molar-refractivity contribution >= 4 is 16.9 Å². The van der Waals surface area contributed by atoms with Crippen molar-refractivity contribution in [1.82, 2.24) is 4.98 Å². The summed E-state index contributed by atoms with van der Waals surface area (Å²) in [5.74, 6) is 1.60. The zero-order valence-electron chi connectivity index (χ0n) is 11.5. The quantitative estimate of drug-likeness (QED) is 0.374. The number of hydrogen-bond acceptors (Lipinski definition) is 5. The highest BCUT2D eigenvalue weighted by molar-refractivity contribution is 5.92. The van der Waals surface area contributed by atoms with Crippen LogP contribution in [0.25, 0.3) is 10.9 Å². The van der Waals surface area contributed by atoms with E-state index in [1.165, 1.54) is 26.2 Å². The molecule has 2 rings (SSSR count). The van der Waals surface area contributed by atoms with Crippen LogP contribution in [0.15, 0.2) is 18.3 Å². The molecule has 1 heterocycles. The Morgan fingerprint density at radius 1 is 1.48 bits per heavy atom. The fourth-order valence-electron chi connectivity index (χ4n) is 1.84. The predicted octanol–water partition coefficient (Wildman–Crippen LogP) is 2.26. The summed E-state index contributed by atoms with van der Waals surface area (Å²) in [4.78, 5) is 15.0. The molecule has 1 aromatic heterocycles. The predicted molar refractivity (Wildman–Crippen MR) is 73.4 cm³/mol. The number of pyridine rings is 1. The molecule has 5 nitrogen and oxygen atoms in total. The van der Waals surface area contributed by atoms with Gasteiger partial charge in [0.15, 0.2) is 12.6 Å². The van der Waals surface area contributed by atoms with Crippen LogP contribution in [0.3, 0.4) is 0 Å². The molecule has 0 N–H and O–H groups in total. The van der Waals surface area contributed by atoms with E-state index in [0.29, 0.717) is 10.9 Å². The molecule has 0 fully saturated rings. The number of nitrogens with zero attached hydrogens (tertiary/aromatic N) is 1. The Balaban J connectivity index is 2.69. The van der Waals surface area contributed by atoms with Crippen molar-refractivity contribution in [1.29, 1.82) is 0 Å². The third-order valence-corrected chi connectivity index (χ3v) is 2.60. The van der Waals surface area contributed by atoms with Crippen molar-refractivity contribution in [2.45, 2.75) is 6.92 Å². The first-order valence-corrected chi connectivity index (χ1v) is 5.95. The molecule has 21 heavy (non-hydrogen) atoms. The van der Waals surface area contributed by atoms with E-state index in [4.69, 9.17) is 20.6 Å². The van der Waals surface area contributed by atoms with Crippen molar-refractivity contribution in [3.05, 3.63) is 29.7 Å². The Labute approximate surface area is 120 Å². The Bertz CT molecular complexity index is 737. The minimum Gasteiger partial charge on any atom is -0.467 e. The molecular weight excluding hydrogens is 277 g/mol. The second-order valence-electron chi connectivity index (χ2n) is 4.09. The molecular formula is C15H12FNO4. The van der Waals surface area contributed by atoms with E-state index in [-0.39, 0.29) is 23.9 Å². The van der Waals surface area contributed by atoms with E-state index in [9.17, 15) is 9.18 Å². The van der Waals surface area contributed by atoms with Crippen LogP contribution < -0.4 is 9.47 Å². The number of halogens is 1. The Hall–Kier alpha value is -2.65. The molecule has 0 bridgehead atoms. The van der Waals surface area contributed by atoms with Crippen molar-refractivity contribution in [2.75, 3.05) is 13.9 Å². The lowest BCUT2D eigenvalue weighted by atomic mass is 10.1. The lowest BCUT2D eigenvalue weighted by molar-refractivity contribution is -0.131. The van der Waals surface area contributed by atoms with Crippen molar-refractivity contribution in [2.24, 2.45) is 0 Å². The van der Waals surface area contributed by atoms with E-state index in [0.717, 1.165) is 6.20 Å². The first kappa shape index (κ1) is 14.8. The zero-order chi connectivity index (χ0) is 15.4. The molecule has 0 unspecified atom stereocenters. The minimum atomic E-state index is -0.632. The fourth-order valence-corrected chi connectivity index (χ4v) is 1.84. The van der Waals surface area contributed by atoms with Gasteiger partial charge in [0, 0.05) is 26.2 Å². The largest absolute Gasteiger partial charge is 0.467 e. The van der Waals surface area contributed by atoms with Gasteiger partial charge >= 0.3 is 5.97 Å². The summed E-state index contributed by atoms with van der Waals surface area (Å²) in [6.07, 6.45) is 6.35. The number of fused-ring (bicyclic) bond motifs is 1. The van der Waals surface area contributed by atoms with Gasteiger partial charge in [-0.1, -0.05) is 5.92 Å². The average molecular weight is 289 g/mol. The summed E-state index contributed by atoms with van der Waals surface area (Å²) in [5.41, 5.74) is 0.384. The molecule has 2 aromatic rings. The number of esters is 1. The van der Waals surface area contributed by atoms with Crippen LogP contribution in [0.4, 0.5) is 4.39 Å². The number of ether oxygens (including phenoxy) is 3. The van der Waals surface area contributed by atoms with Crippen LogP contribution in [0.2, 0.25) is 0 Å². The molecule has 0 aliphatic rings. The topological polar surface area (TPSA) is 57.7 Å². The van der Waals surface area contributed by atoms with Gasteiger partial charge in [-0.2, -0.15) is 0 Å². The standard InChI is InChI=1S/C15H12FNO4/c1-4-11-12(16)7-17-13-5-10(21-9(2)18)6-14(15(11)13)20-8-19-3/h1,5-7H,8H2,2-3H3. The monoisotopic (exact) mass is 289 g/mol. The van der Waals surface area contributed by atoms with E-state index in [2.05, 4.69) is 10.9 Å². The SMILES string of the molecule is C#Cc1c(F)cnc2cc(OC(C)=O)cc(OCOC)c12. The normalized spacial score (nSPS) is 10.2. The highest BCUT2D eigenvalue weighted by Crippen LogP contribution is 2.33. The number of benzene rings is 1. The Morgan fingerprint density at radius 3 is 2.86 bits per heavy atom. The Kier molecular flexibility index (Phi) is 4.36. The van der Waals surface area contributed by atoms with Gasteiger partial charge < -0.3 is 14.2 Å². The molecule has 0 saturated carbocycles. The van der Waals surface area contributed by atoms with Crippen LogP contribution in [-0.4, -0.2) is 24.9 Å². The van der Waals surface area contributed by atoms with Gasteiger partial charge in [-0.25, -0.2) is 4.39 Å². The summed E-state index contributed by atoms with van der Waals surface area (Å²) in [6.45, 7) is 1.20. The third-order valence-electron chi connectivity index (χ3n) is 2.60. The number of carbonyl (C=O) groups excluding carboxylic acids is 1. The maximum atomic E-state index is 13.8. The second kappa shape index (κ2) is 6.20. The van der Waals surface area contributed by atoms with Gasteiger partial charge in [0.1, 0.15) is 11.5 Å². The number of methoxy groups -OCH3 is 1. The summed E-state index contributed by atoms with van der Waals surface area (Å²) in [5, 5.41) is 0.324. The lowest BCUT2D eigenvalue weighted by Gasteiger charge is -2.12. The lowest BCUT2D eigenvalue weighted by Crippen LogP contribution is -2.05. The molecule has 1 aromatic carbocycles. The summed E-state index contributed by atoms with van der Waals surface area (Å²) in [6, 6.07) is 2.92. The molecule has 0 radical (unpaired) electrons. The summed E-state index contributed by atoms with van der Waals surface area (Å²) < 4.78 is 29.0. The summed E-state index contributed by atoms with van der Waals surface area (Å²) >= 11 is 0. The van der Waals surface area contributed by atoms with E-state index >= 15 is 0 Å². The number of carbonyl (C=O) groups is 1. The van der Waals surface area contributed by atoms with Crippen molar-refractivity contribution in [3.63, 3.8) is 0 Å². The van der Waals surface area contributed by atoms with Gasteiger partial charge in [0.05, 0.1) is 22.7 Å². The Morgan fingerprint density at radius 2 is 2.24 bits per heavy atom. The van der Waals surface area contributed by atoms with Crippen LogP contribution in [0.5, 0.6) is 11.5 Å². The number of aromatic nitrogens is 1. The smallest absolute Gasteiger partial charge is 0.308 e. The van der Waals surface area contributed by atoms with Crippen molar-refractivity contribution in [3.8, 4) is 23.8 Å². The molecule has 0 spiro atoms. The number of hydrogen-bond donors (Lipinski definition) is 0. The van der Waals surface area contributed by atoms with Gasteiger partial charge in [0.25, 0.3) is 0 Å². The van der Waals surface area contributed by atoms with Crippen LogP contribution in [-0.2, 0) is 9.53 Å². The van der Waals surface area contributed by atoms with Gasteiger partial charge in [-0.05, 0) is 0 Å². The molecule has 0 saturated heterocycles. The molecule has 0 amide bonds. The van der Waals surface area contributed by atoms with Crippen LogP contribution >= 0.6 is 0 Å². The van der Waals surface area contributed by atoms with Crippen molar-refractivity contribution < 1.29 is 23.4 Å². The fraction of sp³-hybridized carbons (Fsp3) is 0.200. The third kappa shape index (κ3) is 3.09. The average Bonchev–Trinajstić information content (AvgIpc) is 2.44.